The molecule has 1 aromatic rings. The van der Waals surface area contributed by atoms with Crippen LogP contribution in [0.4, 0.5) is 4.79 Å². The Kier molecular flexibility index (Phi) is 3.54. The number of imide groups is 1. The molecular formula is C15H20N2O2S. The second-order valence-electron chi connectivity index (χ2n) is 6.01. The molecule has 108 valence electrons. The van der Waals surface area contributed by atoms with Crippen LogP contribution in [0.15, 0.2) is 16.8 Å². The zero-order chi connectivity index (χ0) is 14.2. The van der Waals surface area contributed by atoms with E-state index in [1.807, 2.05) is 5.38 Å². The molecule has 1 saturated heterocycles. The molecule has 2 aliphatic rings. The van der Waals surface area contributed by atoms with Crippen LogP contribution >= 0.6 is 11.3 Å². The Morgan fingerprint density at radius 2 is 2.15 bits per heavy atom. The van der Waals surface area contributed by atoms with Gasteiger partial charge in [0.05, 0.1) is 0 Å². The predicted molar refractivity (Wildman–Crippen MR) is 78.6 cm³/mol. The summed E-state index contributed by atoms with van der Waals surface area (Å²) >= 11 is 1.66. The first-order valence-corrected chi connectivity index (χ1v) is 8.20. The number of nitrogens with zero attached hydrogens (tertiary/aromatic N) is 1. The maximum atomic E-state index is 12.3. The number of carbonyl (C=O) groups is 2. The highest BCUT2D eigenvalue weighted by atomic mass is 32.1. The van der Waals surface area contributed by atoms with Crippen LogP contribution in [-0.2, 0) is 11.2 Å². The number of hydrogen-bond acceptors (Lipinski definition) is 3. The first-order chi connectivity index (χ1) is 9.62. The van der Waals surface area contributed by atoms with Crippen molar-refractivity contribution in [2.24, 2.45) is 5.92 Å². The molecule has 1 saturated carbocycles. The minimum atomic E-state index is -0.570. The van der Waals surface area contributed by atoms with Gasteiger partial charge in [0, 0.05) is 6.54 Å². The van der Waals surface area contributed by atoms with Crippen molar-refractivity contribution in [2.45, 2.75) is 44.6 Å². The number of carbonyl (C=O) groups excluding carboxylic acids is 2. The summed E-state index contributed by atoms with van der Waals surface area (Å²) < 4.78 is 0. The number of hydrogen-bond donors (Lipinski definition) is 1. The summed E-state index contributed by atoms with van der Waals surface area (Å²) in [5, 5.41) is 6.67. The van der Waals surface area contributed by atoms with Gasteiger partial charge in [0.1, 0.15) is 5.54 Å². The van der Waals surface area contributed by atoms with Crippen LogP contribution in [0.5, 0.6) is 0 Å². The van der Waals surface area contributed by atoms with Crippen molar-refractivity contribution in [3.05, 3.63) is 22.4 Å². The van der Waals surface area contributed by atoms with Crippen LogP contribution in [-0.4, -0.2) is 28.9 Å². The van der Waals surface area contributed by atoms with Crippen molar-refractivity contribution in [3.8, 4) is 0 Å². The van der Waals surface area contributed by atoms with Gasteiger partial charge in [-0.25, -0.2) is 4.79 Å². The van der Waals surface area contributed by atoms with Gasteiger partial charge in [-0.15, -0.1) is 0 Å². The topological polar surface area (TPSA) is 49.4 Å². The van der Waals surface area contributed by atoms with Crippen molar-refractivity contribution in [1.29, 1.82) is 0 Å². The van der Waals surface area contributed by atoms with Gasteiger partial charge in [0.15, 0.2) is 0 Å². The SMILES string of the molecule is CC1CCC2(CC1)C(=O)NC(=O)N2CCc1ccsc1. The first-order valence-electron chi connectivity index (χ1n) is 7.26. The van der Waals surface area contributed by atoms with E-state index in [9.17, 15) is 9.59 Å². The molecular weight excluding hydrogens is 272 g/mol. The largest absolute Gasteiger partial charge is 0.325 e. The molecule has 4 nitrogen and oxygen atoms in total. The Bertz CT molecular complexity index is 504. The summed E-state index contributed by atoms with van der Waals surface area (Å²) in [6.07, 6.45) is 4.47. The highest BCUT2D eigenvalue weighted by Gasteiger charge is 2.53. The highest BCUT2D eigenvalue weighted by Crippen LogP contribution is 2.39. The van der Waals surface area contributed by atoms with E-state index >= 15 is 0 Å². The molecule has 0 unspecified atom stereocenters. The Morgan fingerprint density at radius 3 is 2.80 bits per heavy atom. The van der Waals surface area contributed by atoms with Crippen molar-refractivity contribution < 1.29 is 9.59 Å². The molecule has 0 aromatic carbocycles. The molecule has 2 heterocycles. The Morgan fingerprint density at radius 1 is 1.40 bits per heavy atom. The third-order valence-electron chi connectivity index (χ3n) is 4.71. The standard InChI is InChI=1S/C15H20N2O2S/c1-11-2-6-15(7-3-11)13(18)16-14(19)17(15)8-4-12-5-9-20-10-12/h5,9-11H,2-4,6-8H2,1H3,(H,16,18,19). The molecule has 3 rings (SSSR count). The first kappa shape index (κ1) is 13.6. The zero-order valence-electron chi connectivity index (χ0n) is 11.7. The summed E-state index contributed by atoms with van der Waals surface area (Å²) in [6.45, 7) is 2.85. The van der Waals surface area contributed by atoms with Crippen molar-refractivity contribution >= 4 is 23.3 Å². The maximum absolute atomic E-state index is 12.3. The lowest BCUT2D eigenvalue weighted by molar-refractivity contribution is -0.128. The van der Waals surface area contributed by atoms with Crippen LogP contribution in [0.2, 0.25) is 0 Å². The molecule has 0 atom stereocenters. The number of nitrogens with one attached hydrogen (secondary N) is 1. The summed E-state index contributed by atoms with van der Waals surface area (Å²) in [7, 11) is 0. The maximum Gasteiger partial charge on any atom is 0.325 e. The molecule has 1 N–H and O–H groups in total. The average molecular weight is 292 g/mol. The van der Waals surface area contributed by atoms with E-state index in [-0.39, 0.29) is 11.9 Å². The lowest BCUT2D eigenvalue weighted by Crippen LogP contribution is -2.52. The van der Waals surface area contributed by atoms with E-state index < -0.39 is 5.54 Å². The smallest absolute Gasteiger partial charge is 0.309 e. The van der Waals surface area contributed by atoms with Gasteiger partial charge in [-0.1, -0.05) is 6.92 Å². The number of amides is 3. The van der Waals surface area contributed by atoms with Crippen LogP contribution < -0.4 is 5.32 Å². The fourth-order valence-electron chi connectivity index (χ4n) is 3.33. The molecule has 1 spiro atoms. The molecule has 0 bridgehead atoms. The molecule has 20 heavy (non-hydrogen) atoms. The highest BCUT2D eigenvalue weighted by molar-refractivity contribution is 7.07. The van der Waals surface area contributed by atoms with Crippen molar-refractivity contribution in [1.82, 2.24) is 10.2 Å². The van der Waals surface area contributed by atoms with E-state index in [1.54, 1.807) is 16.2 Å². The fraction of sp³-hybridized carbons (Fsp3) is 0.600. The summed E-state index contributed by atoms with van der Waals surface area (Å²) in [5.74, 6) is 0.572. The van der Waals surface area contributed by atoms with Crippen LogP contribution in [0.25, 0.3) is 0 Å². The Labute approximate surface area is 123 Å². The quantitative estimate of drug-likeness (QED) is 0.871. The van der Waals surface area contributed by atoms with Gasteiger partial charge in [-0.3, -0.25) is 10.1 Å². The minimum absolute atomic E-state index is 0.0836. The van der Waals surface area contributed by atoms with Crippen molar-refractivity contribution in [2.75, 3.05) is 6.54 Å². The number of urea groups is 1. The van der Waals surface area contributed by atoms with E-state index in [2.05, 4.69) is 23.7 Å². The van der Waals surface area contributed by atoms with Gasteiger partial charge in [0.2, 0.25) is 0 Å². The predicted octanol–water partition coefficient (Wildman–Crippen LogP) is 2.79. The van der Waals surface area contributed by atoms with Gasteiger partial charge in [-0.2, -0.15) is 11.3 Å². The summed E-state index contributed by atoms with van der Waals surface area (Å²) in [4.78, 5) is 26.2. The number of rotatable bonds is 3. The fourth-order valence-corrected chi connectivity index (χ4v) is 4.03. The molecule has 2 fully saturated rings. The molecule has 5 heteroatoms. The van der Waals surface area contributed by atoms with E-state index in [0.29, 0.717) is 12.5 Å². The molecule has 1 aromatic heterocycles. The molecule has 0 radical (unpaired) electrons. The van der Waals surface area contributed by atoms with Gasteiger partial charge < -0.3 is 4.90 Å². The third-order valence-corrected chi connectivity index (χ3v) is 5.44. The summed E-state index contributed by atoms with van der Waals surface area (Å²) in [5.41, 5.74) is 0.668. The number of thiophene rings is 1. The van der Waals surface area contributed by atoms with Gasteiger partial charge >= 0.3 is 6.03 Å². The van der Waals surface area contributed by atoms with Crippen LogP contribution in [0, 0.1) is 5.92 Å². The van der Waals surface area contributed by atoms with Crippen LogP contribution in [0.1, 0.15) is 38.2 Å². The second kappa shape index (κ2) is 5.20. The normalized spacial score (nSPS) is 30.1. The van der Waals surface area contributed by atoms with Crippen molar-refractivity contribution in [3.63, 3.8) is 0 Å². The van der Waals surface area contributed by atoms with Gasteiger partial charge in [-0.05, 0) is 60.4 Å². The lowest BCUT2D eigenvalue weighted by atomic mass is 9.76. The van der Waals surface area contributed by atoms with E-state index in [0.717, 1.165) is 32.1 Å². The molecule has 1 aliphatic carbocycles. The third kappa shape index (κ3) is 2.24. The second-order valence-corrected chi connectivity index (χ2v) is 6.79. The van der Waals surface area contributed by atoms with Crippen LogP contribution in [0.3, 0.4) is 0 Å². The summed E-state index contributed by atoms with van der Waals surface area (Å²) in [6, 6.07) is 1.87. The molecule has 1 aliphatic heterocycles. The van der Waals surface area contributed by atoms with E-state index in [4.69, 9.17) is 0 Å². The molecule has 3 amide bonds. The van der Waals surface area contributed by atoms with Gasteiger partial charge in [0.25, 0.3) is 5.91 Å². The minimum Gasteiger partial charge on any atom is -0.309 e. The Balaban J connectivity index is 1.76. The van der Waals surface area contributed by atoms with E-state index in [1.165, 1.54) is 5.56 Å². The lowest BCUT2D eigenvalue weighted by Gasteiger charge is -2.40. The zero-order valence-corrected chi connectivity index (χ0v) is 12.5. The Hall–Kier alpha value is -1.36. The monoisotopic (exact) mass is 292 g/mol. The average Bonchev–Trinajstić information content (AvgIpc) is 3.00.